The predicted molar refractivity (Wildman–Crippen MR) is 61.0 cm³/mol. The van der Waals surface area contributed by atoms with Crippen LogP contribution in [0.15, 0.2) is 18.2 Å². The number of anilines is 2. The zero-order chi connectivity index (χ0) is 11.7. The second kappa shape index (κ2) is 3.84. The molecule has 0 atom stereocenters. The topological polar surface area (TPSA) is 75.4 Å². The van der Waals surface area contributed by atoms with E-state index in [0.29, 0.717) is 5.69 Å². The fourth-order valence-corrected chi connectivity index (χ4v) is 1.84. The smallest absolute Gasteiger partial charge is 0.246 e. The second-order valence-electron chi connectivity index (χ2n) is 3.87. The molecule has 1 fully saturated rings. The highest BCUT2D eigenvalue weighted by Crippen LogP contribution is 2.22. The third-order valence-corrected chi connectivity index (χ3v) is 2.51. The first-order valence-corrected chi connectivity index (χ1v) is 5.00. The summed E-state index contributed by atoms with van der Waals surface area (Å²) in [6, 6.07) is 5.42. The maximum absolute atomic E-state index is 11.2. The molecule has 0 unspecified atom stereocenters. The van der Waals surface area contributed by atoms with Gasteiger partial charge in [-0.15, -0.1) is 0 Å². The number of rotatable bonds is 1. The number of nitrogens with zero attached hydrogens (tertiary/aromatic N) is 1. The molecule has 0 radical (unpaired) electrons. The van der Waals surface area contributed by atoms with Crippen LogP contribution in [-0.4, -0.2) is 24.9 Å². The van der Waals surface area contributed by atoms with E-state index in [1.54, 1.807) is 11.0 Å². The van der Waals surface area contributed by atoms with E-state index < -0.39 is 0 Å². The lowest BCUT2D eigenvalue weighted by molar-refractivity contribution is -0.130. The van der Waals surface area contributed by atoms with Gasteiger partial charge in [-0.3, -0.25) is 14.9 Å². The maximum Gasteiger partial charge on any atom is 0.246 e. The van der Waals surface area contributed by atoms with Crippen molar-refractivity contribution in [3.05, 3.63) is 23.8 Å². The summed E-state index contributed by atoms with van der Waals surface area (Å²) in [4.78, 5) is 24.2. The molecule has 1 aromatic rings. The number of carbonyl (C=O) groups is 2. The van der Waals surface area contributed by atoms with E-state index >= 15 is 0 Å². The Labute approximate surface area is 93.2 Å². The van der Waals surface area contributed by atoms with Gasteiger partial charge in [0.25, 0.3) is 0 Å². The van der Waals surface area contributed by atoms with Gasteiger partial charge in [-0.25, -0.2) is 0 Å². The van der Waals surface area contributed by atoms with Crippen molar-refractivity contribution in [3.63, 3.8) is 0 Å². The Bertz CT molecular complexity index is 441. The van der Waals surface area contributed by atoms with Crippen molar-refractivity contribution >= 4 is 23.2 Å². The number of carbonyl (C=O) groups excluding carboxylic acids is 2. The Balaban J connectivity index is 2.29. The van der Waals surface area contributed by atoms with Crippen LogP contribution < -0.4 is 16.0 Å². The van der Waals surface area contributed by atoms with Crippen LogP contribution in [0.25, 0.3) is 0 Å². The Hall–Kier alpha value is -2.04. The molecule has 1 aliphatic heterocycles. The van der Waals surface area contributed by atoms with Crippen LogP contribution in [0.5, 0.6) is 0 Å². The summed E-state index contributed by atoms with van der Waals surface area (Å²) in [5.74, 6) is -0.542. The first-order valence-electron chi connectivity index (χ1n) is 5.00. The van der Waals surface area contributed by atoms with Crippen LogP contribution in [0.3, 0.4) is 0 Å². The van der Waals surface area contributed by atoms with Crippen molar-refractivity contribution in [3.8, 4) is 0 Å². The number of hydrogen-bond donors (Lipinski definition) is 2. The van der Waals surface area contributed by atoms with E-state index in [9.17, 15) is 9.59 Å². The average Bonchev–Trinajstić information content (AvgIpc) is 2.15. The third-order valence-electron chi connectivity index (χ3n) is 2.51. The van der Waals surface area contributed by atoms with Crippen molar-refractivity contribution in [2.45, 2.75) is 6.92 Å². The molecule has 0 aliphatic carbocycles. The van der Waals surface area contributed by atoms with Gasteiger partial charge >= 0.3 is 0 Å². The highest BCUT2D eigenvalue weighted by atomic mass is 16.2. The van der Waals surface area contributed by atoms with E-state index in [2.05, 4.69) is 5.32 Å². The van der Waals surface area contributed by atoms with Gasteiger partial charge < -0.3 is 10.6 Å². The largest absolute Gasteiger partial charge is 0.399 e. The molecule has 0 saturated carbocycles. The summed E-state index contributed by atoms with van der Waals surface area (Å²) in [5, 5.41) is 2.27. The average molecular weight is 219 g/mol. The Kier molecular flexibility index (Phi) is 2.52. The van der Waals surface area contributed by atoms with Crippen molar-refractivity contribution in [2.75, 3.05) is 23.7 Å². The fourth-order valence-electron chi connectivity index (χ4n) is 1.84. The SMILES string of the molecule is Cc1cc(N)ccc1N1CC(=O)NC(=O)C1. The number of benzene rings is 1. The van der Waals surface area contributed by atoms with E-state index in [1.807, 2.05) is 19.1 Å². The lowest BCUT2D eigenvalue weighted by atomic mass is 10.1. The number of hydrogen-bond acceptors (Lipinski definition) is 4. The molecule has 0 aromatic heterocycles. The van der Waals surface area contributed by atoms with E-state index in [0.717, 1.165) is 11.3 Å². The van der Waals surface area contributed by atoms with Gasteiger partial charge in [0, 0.05) is 11.4 Å². The first-order chi connectivity index (χ1) is 7.56. The molecule has 3 N–H and O–H groups in total. The molecule has 84 valence electrons. The van der Waals surface area contributed by atoms with E-state index in [4.69, 9.17) is 5.73 Å². The van der Waals surface area contributed by atoms with Crippen molar-refractivity contribution in [1.29, 1.82) is 0 Å². The normalized spacial score (nSPS) is 16.2. The van der Waals surface area contributed by atoms with E-state index in [-0.39, 0.29) is 24.9 Å². The van der Waals surface area contributed by atoms with Gasteiger partial charge in [-0.1, -0.05) is 0 Å². The summed E-state index contributed by atoms with van der Waals surface area (Å²) < 4.78 is 0. The monoisotopic (exact) mass is 219 g/mol. The van der Waals surface area contributed by atoms with Gasteiger partial charge in [0.05, 0.1) is 13.1 Å². The third kappa shape index (κ3) is 1.98. The molecular formula is C11H13N3O2. The predicted octanol–water partition coefficient (Wildman–Crippen LogP) is 0.0400. The number of nitrogens with two attached hydrogens (primary N) is 1. The Morgan fingerprint density at radius 2 is 1.88 bits per heavy atom. The van der Waals surface area contributed by atoms with Gasteiger partial charge in [-0.05, 0) is 30.7 Å². The number of amides is 2. The van der Waals surface area contributed by atoms with Crippen molar-refractivity contribution in [2.24, 2.45) is 0 Å². The number of nitrogen functional groups attached to an aromatic ring is 1. The minimum atomic E-state index is -0.271. The molecule has 0 spiro atoms. The Morgan fingerprint density at radius 3 is 2.44 bits per heavy atom. The molecule has 2 amide bonds. The van der Waals surface area contributed by atoms with Gasteiger partial charge in [0.1, 0.15) is 0 Å². The summed E-state index contributed by atoms with van der Waals surface area (Å²) >= 11 is 0. The van der Waals surface area contributed by atoms with Crippen LogP contribution in [-0.2, 0) is 9.59 Å². The summed E-state index contributed by atoms with van der Waals surface area (Å²) in [6.45, 7) is 2.32. The van der Waals surface area contributed by atoms with Crippen LogP contribution in [0.1, 0.15) is 5.56 Å². The number of aryl methyl sites for hydroxylation is 1. The van der Waals surface area contributed by atoms with Crippen LogP contribution in [0.2, 0.25) is 0 Å². The lowest BCUT2D eigenvalue weighted by Gasteiger charge is -2.28. The highest BCUT2D eigenvalue weighted by molar-refractivity contribution is 6.02. The molecule has 16 heavy (non-hydrogen) atoms. The maximum atomic E-state index is 11.2. The number of imide groups is 1. The number of nitrogens with one attached hydrogen (secondary N) is 1. The molecule has 5 heteroatoms. The molecule has 2 rings (SSSR count). The van der Waals surface area contributed by atoms with E-state index in [1.165, 1.54) is 0 Å². The molecule has 1 aliphatic rings. The zero-order valence-electron chi connectivity index (χ0n) is 8.99. The lowest BCUT2D eigenvalue weighted by Crippen LogP contribution is -2.51. The molecule has 1 saturated heterocycles. The van der Waals surface area contributed by atoms with Crippen LogP contribution >= 0.6 is 0 Å². The van der Waals surface area contributed by atoms with Gasteiger partial charge in [0.15, 0.2) is 0 Å². The second-order valence-corrected chi connectivity index (χ2v) is 3.87. The van der Waals surface area contributed by atoms with Gasteiger partial charge in [-0.2, -0.15) is 0 Å². The summed E-state index contributed by atoms with van der Waals surface area (Å²) in [7, 11) is 0. The summed E-state index contributed by atoms with van der Waals surface area (Å²) in [6.07, 6.45) is 0. The number of piperazine rings is 1. The fraction of sp³-hybridized carbons (Fsp3) is 0.273. The Morgan fingerprint density at radius 1 is 1.25 bits per heavy atom. The standard InChI is InChI=1S/C11H13N3O2/c1-7-4-8(12)2-3-9(7)14-5-10(15)13-11(16)6-14/h2-4H,5-6,12H2,1H3,(H,13,15,16). The van der Waals surface area contributed by atoms with Crippen molar-refractivity contribution < 1.29 is 9.59 Å². The molecule has 1 heterocycles. The molecule has 1 aromatic carbocycles. The quantitative estimate of drug-likeness (QED) is 0.516. The van der Waals surface area contributed by atoms with Crippen molar-refractivity contribution in [1.82, 2.24) is 5.32 Å². The van der Waals surface area contributed by atoms with Gasteiger partial charge in [0.2, 0.25) is 11.8 Å². The van der Waals surface area contributed by atoms with Crippen LogP contribution in [0.4, 0.5) is 11.4 Å². The zero-order valence-corrected chi connectivity index (χ0v) is 8.99. The molecular weight excluding hydrogens is 206 g/mol. The minimum absolute atomic E-state index is 0.205. The minimum Gasteiger partial charge on any atom is -0.399 e. The van der Waals surface area contributed by atoms with Crippen LogP contribution in [0, 0.1) is 6.92 Å². The first kappa shape index (κ1) is 10.5. The summed E-state index contributed by atoms with van der Waals surface area (Å²) in [5.41, 5.74) is 8.16. The molecule has 5 nitrogen and oxygen atoms in total. The molecule has 0 bridgehead atoms. The highest BCUT2D eigenvalue weighted by Gasteiger charge is 2.23.